The lowest BCUT2D eigenvalue weighted by molar-refractivity contribution is 0.180. The molecule has 0 aliphatic heterocycles. The van der Waals surface area contributed by atoms with Crippen LogP contribution in [0.3, 0.4) is 0 Å². The molecule has 0 rings (SSSR count). The SMILES string of the molecule is CCCCC(CCCCCCCCCCCCCCCCC(C)O)S(=O)(=O)O. The fourth-order valence-electron chi connectivity index (χ4n) is 3.81. The lowest BCUT2D eigenvalue weighted by Gasteiger charge is -2.13. The van der Waals surface area contributed by atoms with Crippen LogP contribution < -0.4 is 0 Å². The molecule has 2 atom stereocenters. The van der Waals surface area contributed by atoms with E-state index in [0.29, 0.717) is 12.8 Å². The standard InChI is InChI=1S/C23H48O4S/c1-3-4-20-23(28(25,26)27)21-18-16-14-12-10-8-6-5-7-9-11-13-15-17-19-22(2)24/h22-24H,3-21H2,1-2H3,(H,25,26,27). The summed E-state index contributed by atoms with van der Waals surface area (Å²) in [7, 11) is -3.87. The molecule has 0 aliphatic rings. The van der Waals surface area contributed by atoms with Gasteiger partial charge in [-0.2, -0.15) is 8.42 Å². The van der Waals surface area contributed by atoms with Gasteiger partial charge in [0.25, 0.3) is 10.1 Å². The maximum absolute atomic E-state index is 11.4. The van der Waals surface area contributed by atoms with E-state index in [1.54, 1.807) is 0 Å². The number of hydrogen-bond acceptors (Lipinski definition) is 3. The molecule has 0 aromatic carbocycles. The molecule has 0 radical (unpaired) electrons. The first-order chi connectivity index (χ1) is 13.4. The molecule has 0 bridgehead atoms. The molecule has 170 valence electrons. The second kappa shape index (κ2) is 18.9. The van der Waals surface area contributed by atoms with Crippen molar-refractivity contribution >= 4 is 10.1 Å². The second-order valence-electron chi connectivity index (χ2n) is 8.66. The Bertz CT molecular complexity index is 420. The minimum absolute atomic E-state index is 0.139. The van der Waals surface area contributed by atoms with E-state index in [9.17, 15) is 18.1 Å². The average Bonchev–Trinajstić information content (AvgIpc) is 2.62. The molecule has 0 aliphatic carbocycles. The third-order valence-electron chi connectivity index (χ3n) is 5.70. The summed E-state index contributed by atoms with van der Waals surface area (Å²) in [5.74, 6) is 0. The molecule has 0 saturated heterocycles. The summed E-state index contributed by atoms with van der Waals surface area (Å²) in [6.45, 7) is 3.91. The second-order valence-corrected chi connectivity index (χ2v) is 10.4. The van der Waals surface area contributed by atoms with Crippen molar-refractivity contribution in [2.75, 3.05) is 0 Å². The summed E-state index contributed by atoms with van der Waals surface area (Å²) >= 11 is 0. The Hall–Kier alpha value is -0.130. The van der Waals surface area contributed by atoms with Crippen molar-refractivity contribution in [1.82, 2.24) is 0 Å². The van der Waals surface area contributed by atoms with E-state index < -0.39 is 15.4 Å². The zero-order valence-corrected chi connectivity index (χ0v) is 19.5. The summed E-state index contributed by atoms with van der Waals surface area (Å²) in [6.07, 6.45) is 21.3. The first-order valence-corrected chi connectivity index (χ1v) is 13.5. The van der Waals surface area contributed by atoms with Crippen LogP contribution in [-0.4, -0.2) is 29.4 Å². The normalized spacial score (nSPS) is 14.3. The van der Waals surface area contributed by atoms with E-state index in [0.717, 1.165) is 38.5 Å². The van der Waals surface area contributed by atoms with E-state index in [1.165, 1.54) is 70.6 Å². The summed E-state index contributed by atoms with van der Waals surface area (Å²) in [5.41, 5.74) is 0. The smallest absolute Gasteiger partial charge is 0.267 e. The van der Waals surface area contributed by atoms with Crippen molar-refractivity contribution in [1.29, 1.82) is 0 Å². The van der Waals surface area contributed by atoms with Gasteiger partial charge in [-0.1, -0.05) is 110 Å². The highest BCUT2D eigenvalue weighted by Crippen LogP contribution is 2.18. The number of aliphatic hydroxyl groups is 1. The first-order valence-electron chi connectivity index (χ1n) is 12.0. The number of rotatable bonds is 21. The van der Waals surface area contributed by atoms with Gasteiger partial charge in [0.15, 0.2) is 0 Å². The molecule has 28 heavy (non-hydrogen) atoms. The van der Waals surface area contributed by atoms with Crippen molar-refractivity contribution in [3.8, 4) is 0 Å². The molecule has 0 aromatic rings. The van der Waals surface area contributed by atoms with Gasteiger partial charge in [0.1, 0.15) is 0 Å². The topological polar surface area (TPSA) is 74.6 Å². The summed E-state index contributed by atoms with van der Waals surface area (Å²) in [5, 5.41) is 8.65. The van der Waals surface area contributed by atoms with Crippen molar-refractivity contribution in [2.45, 2.75) is 147 Å². The molecule has 0 aromatic heterocycles. The van der Waals surface area contributed by atoms with Crippen molar-refractivity contribution in [3.63, 3.8) is 0 Å². The number of hydrogen-bond donors (Lipinski definition) is 2. The van der Waals surface area contributed by atoms with Gasteiger partial charge >= 0.3 is 0 Å². The van der Waals surface area contributed by atoms with Crippen LogP contribution in [0.4, 0.5) is 0 Å². The molecule has 5 heteroatoms. The maximum Gasteiger partial charge on any atom is 0.267 e. The Morgan fingerprint density at radius 2 is 0.929 bits per heavy atom. The molecule has 0 spiro atoms. The van der Waals surface area contributed by atoms with Crippen LogP contribution in [0.15, 0.2) is 0 Å². The Labute approximate surface area is 175 Å². The number of unbranched alkanes of at least 4 members (excludes halogenated alkanes) is 14. The van der Waals surface area contributed by atoms with Crippen LogP contribution in [0, 0.1) is 0 Å². The van der Waals surface area contributed by atoms with E-state index >= 15 is 0 Å². The fourth-order valence-corrected chi connectivity index (χ4v) is 4.74. The van der Waals surface area contributed by atoms with Crippen LogP contribution in [0.2, 0.25) is 0 Å². The zero-order valence-electron chi connectivity index (χ0n) is 18.7. The molecule has 2 N–H and O–H groups in total. The Balaban J connectivity index is 3.35. The van der Waals surface area contributed by atoms with E-state index in [2.05, 4.69) is 0 Å². The van der Waals surface area contributed by atoms with Crippen molar-refractivity contribution in [2.24, 2.45) is 0 Å². The summed E-state index contributed by atoms with van der Waals surface area (Å²) < 4.78 is 32.1. The average molecular weight is 421 g/mol. The minimum Gasteiger partial charge on any atom is -0.393 e. The van der Waals surface area contributed by atoms with Gasteiger partial charge in [0, 0.05) is 0 Å². The predicted octanol–water partition coefficient (Wildman–Crippen LogP) is 7.06. The predicted molar refractivity (Wildman–Crippen MR) is 120 cm³/mol. The molecule has 0 amide bonds. The molecular weight excluding hydrogens is 372 g/mol. The van der Waals surface area contributed by atoms with E-state index in [4.69, 9.17) is 0 Å². The molecular formula is C23H48O4S. The molecule has 0 fully saturated rings. The van der Waals surface area contributed by atoms with Crippen molar-refractivity contribution < 1.29 is 18.1 Å². The minimum atomic E-state index is -3.87. The van der Waals surface area contributed by atoms with E-state index in [-0.39, 0.29) is 6.10 Å². The van der Waals surface area contributed by atoms with Crippen LogP contribution >= 0.6 is 0 Å². The van der Waals surface area contributed by atoms with Gasteiger partial charge < -0.3 is 5.11 Å². The van der Waals surface area contributed by atoms with Crippen molar-refractivity contribution in [3.05, 3.63) is 0 Å². The van der Waals surface area contributed by atoms with Crippen LogP contribution in [0.5, 0.6) is 0 Å². The molecule has 4 nitrogen and oxygen atoms in total. The largest absolute Gasteiger partial charge is 0.393 e. The van der Waals surface area contributed by atoms with Gasteiger partial charge in [-0.25, -0.2) is 0 Å². The Kier molecular flexibility index (Phi) is 18.8. The molecule has 0 saturated carbocycles. The van der Waals surface area contributed by atoms with Gasteiger partial charge in [0.05, 0.1) is 11.4 Å². The molecule has 2 unspecified atom stereocenters. The summed E-state index contributed by atoms with van der Waals surface area (Å²) in [4.78, 5) is 0. The van der Waals surface area contributed by atoms with E-state index in [1.807, 2.05) is 13.8 Å². The van der Waals surface area contributed by atoms with Gasteiger partial charge in [-0.15, -0.1) is 0 Å². The highest BCUT2D eigenvalue weighted by molar-refractivity contribution is 7.86. The zero-order chi connectivity index (χ0) is 21.1. The van der Waals surface area contributed by atoms with Crippen LogP contribution in [0.25, 0.3) is 0 Å². The van der Waals surface area contributed by atoms with Gasteiger partial charge in [-0.3, -0.25) is 4.55 Å². The first kappa shape index (κ1) is 27.9. The number of aliphatic hydroxyl groups excluding tert-OH is 1. The fraction of sp³-hybridized carbons (Fsp3) is 1.00. The lowest BCUT2D eigenvalue weighted by atomic mass is 10.0. The lowest BCUT2D eigenvalue weighted by Crippen LogP contribution is -2.20. The third kappa shape index (κ3) is 19.2. The Morgan fingerprint density at radius 3 is 1.25 bits per heavy atom. The quantitative estimate of drug-likeness (QED) is 0.154. The summed E-state index contributed by atoms with van der Waals surface area (Å²) in [6, 6.07) is 0. The molecule has 0 heterocycles. The Morgan fingerprint density at radius 1 is 0.607 bits per heavy atom. The monoisotopic (exact) mass is 420 g/mol. The van der Waals surface area contributed by atoms with Crippen LogP contribution in [-0.2, 0) is 10.1 Å². The van der Waals surface area contributed by atoms with Crippen LogP contribution in [0.1, 0.15) is 136 Å². The third-order valence-corrected chi connectivity index (χ3v) is 7.01. The highest BCUT2D eigenvalue weighted by Gasteiger charge is 2.21. The van der Waals surface area contributed by atoms with Gasteiger partial charge in [0.2, 0.25) is 0 Å². The highest BCUT2D eigenvalue weighted by atomic mass is 32.2. The van der Waals surface area contributed by atoms with Gasteiger partial charge in [-0.05, 0) is 26.2 Å². The maximum atomic E-state index is 11.4.